The van der Waals surface area contributed by atoms with Crippen LogP contribution in [0.2, 0.25) is 0 Å². The van der Waals surface area contributed by atoms with Gasteiger partial charge in [0.15, 0.2) is 5.82 Å². The van der Waals surface area contributed by atoms with E-state index >= 15 is 0 Å². The van der Waals surface area contributed by atoms with E-state index in [1.807, 2.05) is 91.9 Å². The first kappa shape index (κ1) is 19.9. The summed E-state index contributed by atoms with van der Waals surface area (Å²) in [5, 5.41) is 10.9. The zero-order valence-corrected chi connectivity index (χ0v) is 17.4. The molecule has 0 saturated carbocycles. The molecule has 0 aliphatic rings. The number of aryl methyl sites for hydroxylation is 1. The molecule has 0 aliphatic heterocycles. The smallest absolute Gasteiger partial charge is 0.231 e. The first-order valence-electron chi connectivity index (χ1n) is 9.70. The molecule has 2 N–H and O–H groups in total. The van der Waals surface area contributed by atoms with E-state index in [1.165, 1.54) is 17.3 Å². The third-order valence-electron chi connectivity index (χ3n) is 4.69. The van der Waals surface area contributed by atoms with Gasteiger partial charge in [-0.05, 0) is 18.1 Å². The topological polar surface area (TPSA) is 70.7 Å². The van der Waals surface area contributed by atoms with Gasteiger partial charge < -0.3 is 5.32 Å². The standard InChI is InChI=1S/C24H22N4OS/c1-17-12-14-20(15-13-17)23-26-24(28-27-23)30-16-21(29)25-22(18-8-4-2-5-9-18)19-10-6-3-7-11-19/h2-15,22H,16H2,1H3,(H,25,29)(H,26,27,28). The van der Waals surface area contributed by atoms with E-state index in [0.717, 1.165) is 16.7 Å². The third-order valence-corrected chi connectivity index (χ3v) is 5.54. The van der Waals surface area contributed by atoms with Crippen LogP contribution in [0.3, 0.4) is 0 Å². The molecule has 0 radical (unpaired) electrons. The lowest BCUT2D eigenvalue weighted by molar-refractivity contribution is -0.119. The second-order valence-electron chi connectivity index (χ2n) is 6.94. The molecule has 0 unspecified atom stereocenters. The Hall–Kier alpha value is -3.38. The van der Waals surface area contributed by atoms with Crippen molar-refractivity contribution < 1.29 is 4.79 Å². The largest absolute Gasteiger partial charge is 0.344 e. The van der Waals surface area contributed by atoms with Crippen molar-refractivity contribution in [2.75, 3.05) is 5.75 Å². The van der Waals surface area contributed by atoms with Crippen molar-refractivity contribution in [1.29, 1.82) is 0 Å². The Balaban J connectivity index is 1.41. The highest BCUT2D eigenvalue weighted by atomic mass is 32.2. The van der Waals surface area contributed by atoms with Gasteiger partial charge in [0.05, 0.1) is 11.8 Å². The van der Waals surface area contributed by atoms with Crippen molar-refractivity contribution in [3.8, 4) is 11.4 Å². The predicted molar refractivity (Wildman–Crippen MR) is 120 cm³/mol. The first-order chi connectivity index (χ1) is 14.7. The van der Waals surface area contributed by atoms with Crippen molar-refractivity contribution in [3.05, 3.63) is 102 Å². The molecule has 1 amide bonds. The van der Waals surface area contributed by atoms with Crippen molar-refractivity contribution in [3.63, 3.8) is 0 Å². The molecule has 1 aromatic heterocycles. The number of nitrogens with zero attached hydrogens (tertiary/aromatic N) is 2. The molecule has 0 saturated heterocycles. The number of aromatic amines is 1. The fourth-order valence-corrected chi connectivity index (χ4v) is 3.74. The maximum atomic E-state index is 12.7. The van der Waals surface area contributed by atoms with Crippen LogP contribution in [0.15, 0.2) is 90.1 Å². The number of thioether (sulfide) groups is 1. The van der Waals surface area contributed by atoms with Crippen LogP contribution >= 0.6 is 11.8 Å². The van der Waals surface area contributed by atoms with Gasteiger partial charge in [-0.2, -0.15) is 0 Å². The summed E-state index contributed by atoms with van der Waals surface area (Å²) in [6, 6.07) is 27.8. The molecule has 0 atom stereocenters. The maximum Gasteiger partial charge on any atom is 0.231 e. The lowest BCUT2D eigenvalue weighted by Gasteiger charge is -2.19. The second kappa shape index (κ2) is 9.41. The van der Waals surface area contributed by atoms with Crippen molar-refractivity contribution in [2.24, 2.45) is 0 Å². The van der Waals surface area contributed by atoms with E-state index < -0.39 is 0 Å². The molecule has 150 valence electrons. The molecule has 30 heavy (non-hydrogen) atoms. The summed E-state index contributed by atoms with van der Waals surface area (Å²) in [6.07, 6.45) is 0. The molecular weight excluding hydrogens is 392 g/mol. The number of hydrogen-bond acceptors (Lipinski definition) is 4. The van der Waals surface area contributed by atoms with Crippen molar-refractivity contribution >= 4 is 17.7 Å². The van der Waals surface area contributed by atoms with Gasteiger partial charge in [0, 0.05) is 5.56 Å². The van der Waals surface area contributed by atoms with E-state index in [4.69, 9.17) is 0 Å². The Morgan fingerprint density at radius 1 is 0.933 bits per heavy atom. The highest BCUT2D eigenvalue weighted by Gasteiger charge is 2.17. The van der Waals surface area contributed by atoms with Crippen LogP contribution in [-0.4, -0.2) is 26.8 Å². The molecule has 3 aromatic carbocycles. The molecule has 0 fully saturated rings. The molecule has 4 rings (SSSR count). The van der Waals surface area contributed by atoms with E-state index in [2.05, 4.69) is 20.5 Å². The van der Waals surface area contributed by atoms with Crippen LogP contribution < -0.4 is 5.32 Å². The molecule has 0 aliphatic carbocycles. The normalized spacial score (nSPS) is 10.9. The number of nitrogens with one attached hydrogen (secondary N) is 2. The first-order valence-corrected chi connectivity index (χ1v) is 10.7. The van der Waals surface area contributed by atoms with Crippen LogP contribution in [-0.2, 0) is 4.79 Å². The average molecular weight is 415 g/mol. The van der Waals surface area contributed by atoms with Gasteiger partial charge in [-0.1, -0.05) is 102 Å². The van der Waals surface area contributed by atoms with Gasteiger partial charge >= 0.3 is 0 Å². The maximum absolute atomic E-state index is 12.7. The SMILES string of the molecule is Cc1ccc(-c2nc(SCC(=O)NC(c3ccccc3)c3ccccc3)n[nH]2)cc1. The molecule has 4 aromatic rings. The van der Waals surface area contributed by atoms with Crippen molar-refractivity contribution in [2.45, 2.75) is 18.1 Å². The highest BCUT2D eigenvalue weighted by molar-refractivity contribution is 7.99. The minimum Gasteiger partial charge on any atom is -0.344 e. The molecule has 0 bridgehead atoms. The van der Waals surface area contributed by atoms with Crippen LogP contribution in [0, 0.1) is 6.92 Å². The predicted octanol–water partition coefficient (Wildman–Crippen LogP) is 4.78. The van der Waals surface area contributed by atoms with E-state index in [-0.39, 0.29) is 17.7 Å². The Kier molecular flexibility index (Phi) is 6.25. The Morgan fingerprint density at radius 2 is 1.53 bits per heavy atom. The van der Waals surface area contributed by atoms with E-state index in [9.17, 15) is 4.79 Å². The number of aromatic nitrogens is 3. The number of amides is 1. The molecule has 5 nitrogen and oxygen atoms in total. The minimum absolute atomic E-state index is 0.0700. The lowest BCUT2D eigenvalue weighted by atomic mass is 9.99. The summed E-state index contributed by atoms with van der Waals surface area (Å²) >= 11 is 1.31. The monoisotopic (exact) mass is 414 g/mol. The van der Waals surface area contributed by atoms with Gasteiger partial charge in [-0.15, -0.1) is 5.10 Å². The van der Waals surface area contributed by atoms with Crippen LogP contribution in [0.1, 0.15) is 22.7 Å². The fraction of sp³-hybridized carbons (Fsp3) is 0.125. The van der Waals surface area contributed by atoms with Crippen LogP contribution in [0.5, 0.6) is 0 Å². The van der Waals surface area contributed by atoms with Gasteiger partial charge in [0.25, 0.3) is 0 Å². The molecule has 1 heterocycles. The summed E-state index contributed by atoms with van der Waals surface area (Å²) in [4.78, 5) is 17.2. The fourth-order valence-electron chi connectivity index (χ4n) is 3.13. The number of carbonyl (C=O) groups is 1. The number of carbonyl (C=O) groups excluding carboxylic acids is 1. The third kappa shape index (κ3) is 4.96. The molecular formula is C24H22N4OS. The van der Waals surface area contributed by atoms with Gasteiger partial charge in [0.1, 0.15) is 0 Å². The summed E-state index contributed by atoms with van der Waals surface area (Å²) < 4.78 is 0. The summed E-state index contributed by atoms with van der Waals surface area (Å²) in [7, 11) is 0. The minimum atomic E-state index is -0.198. The average Bonchev–Trinajstić information content (AvgIpc) is 3.27. The van der Waals surface area contributed by atoms with Crippen LogP contribution in [0.4, 0.5) is 0 Å². The Morgan fingerprint density at radius 3 is 2.13 bits per heavy atom. The summed E-state index contributed by atoms with van der Waals surface area (Å²) in [5.41, 5.74) is 4.25. The zero-order valence-electron chi connectivity index (χ0n) is 16.6. The zero-order chi connectivity index (χ0) is 20.8. The molecule has 0 spiro atoms. The second-order valence-corrected chi connectivity index (χ2v) is 7.89. The summed E-state index contributed by atoms with van der Waals surface area (Å²) in [5.74, 6) is 0.866. The Labute approximate surface area is 180 Å². The number of hydrogen-bond donors (Lipinski definition) is 2. The van der Waals surface area contributed by atoms with Crippen LogP contribution in [0.25, 0.3) is 11.4 Å². The number of H-pyrrole nitrogens is 1. The number of rotatable bonds is 7. The van der Waals surface area contributed by atoms with E-state index in [0.29, 0.717) is 11.0 Å². The lowest BCUT2D eigenvalue weighted by Crippen LogP contribution is -2.30. The quantitative estimate of drug-likeness (QED) is 0.427. The highest BCUT2D eigenvalue weighted by Crippen LogP contribution is 2.23. The van der Waals surface area contributed by atoms with E-state index in [1.54, 1.807) is 0 Å². The van der Waals surface area contributed by atoms with Gasteiger partial charge in [0.2, 0.25) is 11.1 Å². The number of benzene rings is 3. The van der Waals surface area contributed by atoms with Gasteiger partial charge in [-0.25, -0.2) is 4.98 Å². The van der Waals surface area contributed by atoms with Gasteiger partial charge in [-0.3, -0.25) is 9.89 Å². The summed E-state index contributed by atoms with van der Waals surface area (Å²) in [6.45, 7) is 2.04. The van der Waals surface area contributed by atoms with Crippen molar-refractivity contribution in [1.82, 2.24) is 20.5 Å². The Bertz CT molecular complexity index is 1060. The molecule has 6 heteroatoms.